The molecule has 0 unspecified atom stereocenters. The van der Waals surface area contributed by atoms with Gasteiger partial charge in [0.15, 0.2) is 0 Å². The molecule has 0 aliphatic carbocycles. The maximum absolute atomic E-state index is 12.8. The standard InChI is InChI=1S/C28H41N3O6S/c1-27(2,3)36-25(32)29-21-23-16-14-22(15-17-23)11-10-19-31(26(33)37-28(4,5)6)20-18-30-38(34,35)24-12-8-7-9-13-24/h7-9,12-17,30H,10-11,18-21H2,1-6H3,(H,29,32). The zero-order valence-electron chi connectivity index (χ0n) is 23.2. The van der Waals surface area contributed by atoms with Gasteiger partial charge in [0, 0.05) is 26.2 Å². The van der Waals surface area contributed by atoms with Gasteiger partial charge in [-0.15, -0.1) is 0 Å². The van der Waals surface area contributed by atoms with Crippen LogP contribution in [0.3, 0.4) is 0 Å². The van der Waals surface area contributed by atoms with Crippen LogP contribution in [0, 0.1) is 0 Å². The van der Waals surface area contributed by atoms with Crippen molar-refractivity contribution in [2.75, 3.05) is 19.6 Å². The van der Waals surface area contributed by atoms with Crippen LogP contribution >= 0.6 is 0 Å². The first-order valence-electron chi connectivity index (χ1n) is 12.7. The minimum absolute atomic E-state index is 0.0653. The van der Waals surface area contributed by atoms with Crippen LogP contribution in [0.25, 0.3) is 0 Å². The number of sulfonamides is 1. The Hall–Kier alpha value is -3.11. The van der Waals surface area contributed by atoms with E-state index in [0.29, 0.717) is 19.5 Å². The average molecular weight is 548 g/mol. The maximum atomic E-state index is 12.8. The van der Waals surface area contributed by atoms with E-state index < -0.39 is 33.4 Å². The van der Waals surface area contributed by atoms with Gasteiger partial charge in [-0.05, 0) is 77.6 Å². The van der Waals surface area contributed by atoms with Gasteiger partial charge in [0.1, 0.15) is 11.2 Å². The monoisotopic (exact) mass is 547 g/mol. The minimum Gasteiger partial charge on any atom is -0.444 e. The summed E-state index contributed by atoms with van der Waals surface area (Å²) in [5.74, 6) is 0. The second kappa shape index (κ2) is 13.6. The average Bonchev–Trinajstić information content (AvgIpc) is 2.81. The van der Waals surface area contributed by atoms with Gasteiger partial charge in [0.25, 0.3) is 0 Å². The van der Waals surface area contributed by atoms with Crippen LogP contribution in [0.5, 0.6) is 0 Å². The number of hydrogen-bond donors (Lipinski definition) is 2. The van der Waals surface area contributed by atoms with Crippen LogP contribution in [-0.2, 0) is 32.5 Å². The van der Waals surface area contributed by atoms with Crippen molar-refractivity contribution >= 4 is 22.2 Å². The van der Waals surface area contributed by atoms with Gasteiger partial charge in [0.2, 0.25) is 10.0 Å². The predicted molar refractivity (Wildman–Crippen MR) is 147 cm³/mol. The number of aryl methyl sites for hydroxylation is 1. The second-order valence-electron chi connectivity index (χ2n) is 11.0. The van der Waals surface area contributed by atoms with E-state index in [9.17, 15) is 18.0 Å². The second-order valence-corrected chi connectivity index (χ2v) is 12.7. The van der Waals surface area contributed by atoms with E-state index in [1.165, 1.54) is 17.0 Å². The number of rotatable bonds is 11. The molecule has 0 aromatic heterocycles. The summed E-state index contributed by atoms with van der Waals surface area (Å²) in [7, 11) is -3.67. The third kappa shape index (κ3) is 12.0. The van der Waals surface area contributed by atoms with Crippen molar-refractivity contribution in [1.29, 1.82) is 0 Å². The van der Waals surface area contributed by atoms with Crippen molar-refractivity contribution in [2.45, 2.75) is 77.0 Å². The molecular weight excluding hydrogens is 506 g/mol. The normalized spacial score (nSPS) is 12.1. The lowest BCUT2D eigenvalue weighted by Gasteiger charge is -2.27. The van der Waals surface area contributed by atoms with Crippen LogP contribution in [0.2, 0.25) is 0 Å². The number of ether oxygens (including phenoxy) is 2. The van der Waals surface area contributed by atoms with Gasteiger partial charge in [-0.25, -0.2) is 22.7 Å². The van der Waals surface area contributed by atoms with Crippen LogP contribution in [0.15, 0.2) is 59.5 Å². The van der Waals surface area contributed by atoms with Crippen molar-refractivity contribution in [2.24, 2.45) is 0 Å². The van der Waals surface area contributed by atoms with Crippen molar-refractivity contribution in [3.05, 3.63) is 65.7 Å². The molecule has 0 saturated heterocycles. The molecule has 210 valence electrons. The molecule has 0 atom stereocenters. The first kappa shape index (κ1) is 31.1. The van der Waals surface area contributed by atoms with Gasteiger partial charge in [-0.2, -0.15) is 0 Å². The summed E-state index contributed by atoms with van der Waals surface area (Å²) in [6, 6.07) is 16.0. The highest BCUT2D eigenvalue weighted by Crippen LogP contribution is 2.13. The molecule has 0 aliphatic heterocycles. The third-order valence-electron chi connectivity index (χ3n) is 5.13. The molecule has 9 nitrogen and oxygen atoms in total. The summed E-state index contributed by atoms with van der Waals surface area (Å²) in [4.78, 5) is 26.3. The molecule has 38 heavy (non-hydrogen) atoms. The predicted octanol–water partition coefficient (Wildman–Crippen LogP) is 4.86. The van der Waals surface area contributed by atoms with Gasteiger partial charge < -0.3 is 19.7 Å². The summed E-state index contributed by atoms with van der Waals surface area (Å²) in [6.45, 7) is 11.8. The minimum atomic E-state index is -3.67. The Morgan fingerprint density at radius 1 is 0.816 bits per heavy atom. The summed E-state index contributed by atoms with van der Waals surface area (Å²) in [5.41, 5.74) is 0.815. The Labute approximate surface area is 226 Å². The van der Waals surface area contributed by atoms with Gasteiger partial charge in [-0.3, -0.25) is 0 Å². The van der Waals surface area contributed by atoms with Crippen molar-refractivity contribution in [1.82, 2.24) is 14.9 Å². The lowest BCUT2D eigenvalue weighted by atomic mass is 10.1. The zero-order valence-corrected chi connectivity index (χ0v) is 24.1. The topological polar surface area (TPSA) is 114 Å². The number of hydrogen-bond acceptors (Lipinski definition) is 6. The molecule has 0 saturated carbocycles. The highest BCUT2D eigenvalue weighted by molar-refractivity contribution is 7.89. The lowest BCUT2D eigenvalue weighted by molar-refractivity contribution is 0.0251. The summed E-state index contributed by atoms with van der Waals surface area (Å²) >= 11 is 0. The molecule has 2 amide bonds. The highest BCUT2D eigenvalue weighted by atomic mass is 32.2. The molecule has 2 aromatic carbocycles. The molecule has 0 aliphatic rings. The van der Waals surface area contributed by atoms with Crippen LogP contribution in [-0.4, -0.2) is 56.3 Å². The zero-order chi connectivity index (χ0) is 28.4. The van der Waals surface area contributed by atoms with E-state index in [1.807, 2.05) is 45.0 Å². The van der Waals surface area contributed by atoms with Crippen LogP contribution in [0.1, 0.15) is 59.1 Å². The molecule has 2 aromatic rings. The third-order valence-corrected chi connectivity index (χ3v) is 6.61. The fourth-order valence-corrected chi connectivity index (χ4v) is 4.45. The fourth-order valence-electron chi connectivity index (χ4n) is 3.41. The first-order chi connectivity index (χ1) is 17.6. The number of nitrogens with zero attached hydrogens (tertiary/aromatic N) is 1. The van der Waals surface area contributed by atoms with Crippen molar-refractivity contribution < 1.29 is 27.5 Å². The number of carbonyl (C=O) groups excluding carboxylic acids is 2. The van der Waals surface area contributed by atoms with Crippen LogP contribution in [0.4, 0.5) is 9.59 Å². The molecule has 0 radical (unpaired) electrons. The number of carbonyl (C=O) groups is 2. The molecule has 0 bridgehead atoms. The van der Waals surface area contributed by atoms with E-state index in [2.05, 4.69) is 10.0 Å². The van der Waals surface area contributed by atoms with Crippen molar-refractivity contribution in [3.8, 4) is 0 Å². The number of amides is 2. The highest BCUT2D eigenvalue weighted by Gasteiger charge is 2.23. The van der Waals surface area contributed by atoms with E-state index in [0.717, 1.165) is 17.5 Å². The summed E-state index contributed by atoms with van der Waals surface area (Å²) in [5, 5.41) is 2.74. The number of nitrogens with one attached hydrogen (secondary N) is 2. The molecule has 0 spiro atoms. The van der Waals surface area contributed by atoms with E-state index in [1.54, 1.807) is 39.0 Å². The van der Waals surface area contributed by atoms with Crippen molar-refractivity contribution in [3.63, 3.8) is 0 Å². The molecule has 0 fully saturated rings. The number of benzene rings is 2. The van der Waals surface area contributed by atoms with Gasteiger partial charge >= 0.3 is 12.2 Å². The van der Waals surface area contributed by atoms with Gasteiger partial charge in [-0.1, -0.05) is 42.5 Å². The Morgan fingerprint density at radius 3 is 1.97 bits per heavy atom. The molecular formula is C28H41N3O6S. The summed E-state index contributed by atoms with van der Waals surface area (Å²) < 4.78 is 38.3. The van der Waals surface area contributed by atoms with E-state index >= 15 is 0 Å². The lowest BCUT2D eigenvalue weighted by Crippen LogP contribution is -2.42. The van der Waals surface area contributed by atoms with Crippen LogP contribution < -0.4 is 10.0 Å². The Balaban J connectivity index is 1.89. The SMILES string of the molecule is CC(C)(C)OC(=O)NCc1ccc(CCCN(CCNS(=O)(=O)c2ccccc2)C(=O)OC(C)(C)C)cc1. The smallest absolute Gasteiger partial charge is 0.410 e. The Kier molecular flexibility index (Phi) is 11.1. The first-order valence-corrected chi connectivity index (χ1v) is 14.2. The summed E-state index contributed by atoms with van der Waals surface area (Å²) in [6.07, 6.45) is 0.435. The quantitative estimate of drug-likeness (QED) is 0.415. The van der Waals surface area contributed by atoms with E-state index in [4.69, 9.17) is 9.47 Å². The largest absolute Gasteiger partial charge is 0.444 e. The fraction of sp³-hybridized carbons (Fsp3) is 0.500. The van der Waals surface area contributed by atoms with E-state index in [-0.39, 0.29) is 18.0 Å². The molecule has 2 rings (SSSR count). The molecule has 10 heteroatoms. The maximum Gasteiger partial charge on any atom is 0.410 e. The Bertz CT molecular complexity index is 1140. The molecule has 0 heterocycles. The Morgan fingerprint density at radius 2 is 1.39 bits per heavy atom. The molecule has 2 N–H and O–H groups in total. The van der Waals surface area contributed by atoms with Gasteiger partial charge in [0.05, 0.1) is 4.90 Å². The number of alkyl carbamates (subject to hydrolysis) is 1.